The fraction of sp³-hybridized carbons (Fsp3) is 0.364. The molecule has 1 aliphatic heterocycles. The minimum atomic E-state index is -0.235. The minimum Gasteiger partial charge on any atom is -0.346 e. The average Bonchev–Trinajstić information content (AvgIpc) is 2.71. The minimum absolute atomic E-state index is 0.235. The molecule has 0 aliphatic carbocycles. The van der Waals surface area contributed by atoms with Crippen molar-refractivity contribution in [2.45, 2.75) is 13.2 Å². The highest BCUT2D eigenvalue weighted by Crippen LogP contribution is 2.23. The summed E-state index contributed by atoms with van der Waals surface area (Å²) in [5.41, 5.74) is 2.84. The molecule has 2 rings (SSSR count). The van der Waals surface area contributed by atoms with E-state index < -0.39 is 0 Å². The third kappa shape index (κ3) is 1.84. The smallest absolute Gasteiger partial charge is 0.185 e. The first-order chi connectivity index (χ1) is 6.77. The molecular weight excluding hydrogens is 178 g/mol. The molecule has 0 bridgehead atoms. The SMILES string of the molecule is C=C(C)c1ccc(C2OCCO2)cn1. The lowest BCUT2D eigenvalue weighted by Gasteiger charge is -2.08. The summed E-state index contributed by atoms with van der Waals surface area (Å²) in [6, 6.07) is 3.90. The topological polar surface area (TPSA) is 31.4 Å². The van der Waals surface area contributed by atoms with E-state index in [0.717, 1.165) is 16.8 Å². The summed E-state index contributed by atoms with van der Waals surface area (Å²) >= 11 is 0. The number of allylic oxidation sites excluding steroid dienone is 1. The molecule has 0 amide bonds. The van der Waals surface area contributed by atoms with E-state index in [1.807, 2.05) is 19.1 Å². The van der Waals surface area contributed by atoms with Crippen molar-refractivity contribution in [1.82, 2.24) is 4.98 Å². The molecule has 1 aromatic heterocycles. The lowest BCUT2D eigenvalue weighted by Crippen LogP contribution is -1.99. The van der Waals surface area contributed by atoms with Crippen LogP contribution in [0.2, 0.25) is 0 Å². The van der Waals surface area contributed by atoms with E-state index in [1.54, 1.807) is 6.20 Å². The quantitative estimate of drug-likeness (QED) is 0.717. The number of hydrogen-bond donors (Lipinski definition) is 0. The number of rotatable bonds is 2. The van der Waals surface area contributed by atoms with Gasteiger partial charge in [0.1, 0.15) is 0 Å². The van der Waals surface area contributed by atoms with Crippen molar-refractivity contribution >= 4 is 5.57 Å². The number of nitrogens with zero attached hydrogens (tertiary/aromatic N) is 1. The summed E-state index contributed by atoms with van der Waals surface area (Å²) in [5, 5.41) is 0. The zero-order chi connectivity index (χ0) is 9.97. The molecule has 0 N–H and O–H groups in total. The Balaban J connectivity index is 2.16. The predicted octanol–water partition coefficient (Wildman–Crippen LogP) is 2.16. The maximum absolute atomic E-state index is 5.35. The molecule has 1 fully saturated rings. The second kappa shape index (κ2) is 3.90. The van der Waals surface area contributed by atoms with E-state index in [2.05, 4.69) is 11.6 Å². The summed E-state index contributed by atoms with van der Waals surface area (Å²) in [7, 11) is 0. The van der Waals surface area contributed by atoms with Crippen LogP contribution in [0.3, 0.4) is 0 Å². The average molecular weight is 191 g/mol. The van der Waals surface area contributed by atoms with Gasteiger partial charge in [0.2, 0.25) is 0 Å². The van der Waals surface area contributed by atoms with Crippen molar-refractivity contribution < 1.29 is 9.47 Å². The van der Waals surface area contributed by atoms with Crippen LogP contribution in [0.4, 0.5) is 0 Å². The van der Waals surface area contributed by atoms with E-state index >= 15 is 0 Å². The summed E-state index contributed by atoms with van der Waals surface area (Å²) in [6.07, 6.45) is 1.54. The van der Waals surface area contributed by atoms with Gasteiger partial charge in [0.25, 0.3) is 0 Å². The van der Waals surface area contributed by atoms with Gasteiger partial charge < -0.3 is 9.47 Å². The molecule has 0 radical (unpaired) electrons. The third-order valence-corrected chi connectivity index (χ3v) is 2.12. The first kappa shape index (κ1) is 9.37. The van der Waals surface area contributed by atoms with E-state index in [4.69, 9.17) is 9.47 Å². The second-order valence-electron chi connectivity index (χ2n) is 3.33. The van der Waals surface area contributed by atoms with Gasteiger partial charge in [-0.2, -0.15) is 0 Å². The van der Waals surface area contributed by atoms with Crippen LogP contribution in [0.15, 0.2) is 24.9 Å². The van der Waals surface area contributed by atoms with Crippen molar-refractivity contribution in [2.24, 2.45) is 0 Å². The van der Waals surface area contributed by atoms with Crippen LogP contribution in [0.1, 0.15) is 24.5 Å². The van der Waals surface area contributed by atoms with E-state index in [-0.39, 0.29) is 6.29 Å². The van der Waals surface area contributed by atoms with Crippen molar-refractivity contribution in [2.75, 3.05) is 13.2 Å². The molecule has 74 valence electrons. The lowest BCUT2D eigenvalue weighted by molar-refractivity contribution is -0.0443. The van der Waals surface area contributed by atoms with Gasteiger partial charge in [0.15, 0.2) is 6.29 Å². The Morgan fingerprint density at radius 3 is 2.64 bits per heavy atom. The van der Waals surface area contributed by atoms with Crippen molar-refractivity contribution in [3.63, 3.8) is 0 Å². The van der Waals surface area contributed by atoms with Crippen LogP contribution in [-0.2, 0) is 9.47 Å². The Morgan fingerprint density at radius 2 is 2.14 bits per heavy atom. The first-order valence-electron chi connectivity index (χ1n) is 4.62. The maximum Gasteiger partial charge on any atom is 0.185 e. The van der Waals surface area contributed by atoms with Crippen LogP contribution >= 0.6 is 0 Å². The van der Waals surface area contributed by atoms with E-state index in [0.29, 0.717) is 13.2 Å². The van der Waals surface area contributed by atoms with Gasteiger partial charge in [-0.15, -0.1) is 0 Å². The molecule has 0 saturated carbocycles. The maximum atomic E-state index is 5.35. The van der Waals surface area contributed by atoms with Gasteiger partial charge >= 0.3 is 0 Å². The zero-order valence-electron chi connectivity index (χ0n) is 8.19. The van der Waals surface area contributed by atoms with Gasteiger partial charge in [-0.3, -0.25) is 4.98 Å². The van der Waals surface area contributed by atoms with Crippen molar-refractivity contribution in [3.8, 4) is 0 Å². The highest BCUT2D eigenvalue weighted by atomic mass is 16.7. The van der Waals surface area contributed by atoms with Gasteiger partial charge in [0, 0.05) is 11.8 Å². The van der Waals surface area contributed by atoms with Crippen molar-refractivity contribution in [3.05, 3.63) is 36.2 Å². The molecule has 0 aromatic carbocycles. The number of ether oxygens (including phenoxy) is 2. The molecule has 1 aromatic rings. The van der Waals surface area contributed by atoms with E-state index in [1.165, 1.54) is 0 Å². The lowest BCUT2D eigenvalue weighted by atomic mass is 10.2. The molecule has 14 heavy (non-hydrogen) atoms. The Kier molecular flexibility index (Phi) is 2.61. The summed E-state index contributed by atoms with van der Waals surface area (Å²) in [5.74, 6) is 0. The largest absolute Gasteiger partial charge is 0.346 e. The summed E-state index contributed by atoms with van der Waals surface area (Å²) < 4.78 is 10.7. The molecule has 1 aliphatic rings. The standard InChI is InChI=1S/C11H13NO2/c1-8(2)10-4-3-9(7-12-10)11-13-5-6-14-11/h3-4,7,11H,1,5-6H2,2H3. The van der Waals surface area contributed by atoms with Crippen LogP contribution < -0.4 is 0 Å². The van der Waals surface area contributed by atoms with E-state index in [9.17, 15) is 0 Å². The van der Waals surface area contributed by atoms with Gasteiger partial charge in [-0.05, 0) is 18.6 Å². The number of pyridine rings is 1. The molecule has 0 unspecified atom stereocenters. The fourth-order valence-electron chi connectivity index (χ4n) is 1.35. The van der Waals surface area contributed by atoms with Crippen molar-refractivity contribution in [1.29, 1.82) is 0 Å². The molecule has 0 atom stereocenters. The number of aromatic nitrogens is 1. The molecule has 0 spiro atoms. The molecule has 3 nitrogen and oxygen atoms in total. The Bertz CT molecular complexity index is 326. The van der Waals surface area contributed by atoms with Gasteiger partial charge in [-0.25, -0.2) is 0 Å². The summed E-state index contributed by atoms with van der Waals surface area (Å²) in [6.45, 7) is 7.08. The third-order valence-electron chi connectivity index (χ3n) is 2.12. The Hall–Kier alpha value is -1.19. The zero-order valence-corrected chi connectivity index (χ0v) is 8.19. The van der Waals surface area contributed by atoms with Crippen LogP contribution in [0.5, 0.6) is 0 Å². The van der Waals surface area contributed by atoms with Crippen LogP contribution in [0.25, 0.3) is 5.57 Å². The molecule has 3 heteroatoms. The van der Waals surface area contributed by atoms with Crippen LogP contribution in [-0.4, -0.2) is 18.2 Å². The highest BCUT2D eigenvalue weighted by Gasteiger charge is 2.18. The fourth-order valence-corrected chi connectivity index (χ4v) is 1.35. The monoisotopic (exact) mass is 191 g/mol. The molecule has 1 saturated heterocycles. The molecule has 2 heterocycles. The summed E-state index contributed by atoms with van der Waals surface area (Å²) in [4.78, 5) is 4.26. The van der Waals surface area contributed by atoms with Gasteiger partial charge in [-0.1, -0.05) is 12.6 Å². The van der Waals surface area contributed by atoms with Crippen LogP contribution in [0, 0.1) is 0 Å². The number of hydrogen-bond acceptors (Lipinski definition) is 3. The second-order valence-corrected chi connectivity index (χ2v) is 3.33. The highest BCUT2D eigenvalue weighted by molar-refractivity contribution is 5.57. The predicted molar refractivity (Wildman–Crippen MR) is 53.6 cm³/mol. The molecular formula is C11H13NO2. The first-order valence-corrected chi connectivity index (χ1v) is 4.62. The van der Waals surface area contributed by atoms with Gasteiger partial charge in [0.05, 0.1) is 18.9 Å². The Morgan fingerprint density at radius 1 is 1.43 bits per heavy atom. The Labute approximate surface area is 83.4 Å². The normalized spacial score (nSPS) is 17.2.